The summed E-state index contributed by atoms with van der Waals surface area (Å²) >= 11 is 1.48. The molecule has 2 aromatic heterocycles. The first kappa shape index (κ1) is 18.4. The first-order valence-electron chi connectivity index (χ1n) is 9.57. The number of rotatable bonds is 4. The van der Waals surface area contributed by atoms with Crippen molar-refractivity contribution in [3.63, 3.8) is 0 Å². The maximum absolute atomic E-state index is 9.67. The summed E-state index contributed by atoms with van der Waals surface area (Å²) in [7, 11) is 0. The summed E-state index contributed by atoms with van der Waals surface area (Å²) in [6, 6.07) is 18.0. The predicted molar refractivity (Wildman–Crippen MR) is 119 cm³/mol. The Labute approximate surface area is 177 Å². The Balaban J connectivity index is 1.48. The van der Waals surface area contributed by atoms with Gasteiger partial charge in [0.05, 0.1) is 23.4 Å². The number of fused-ring (bicyclic) bond motifs is 1. The van der Waals surface area contributed by atoms with Crippen molar-refractivity contribution in [1.82, 2.24) is 14.8 Å². The van der Waals surface area contributed by atoms with Gasteiger partial charge in [0.2, 0.25) is 5.13 Å². The van der Waals surface area contributed by atoms with Crippen LogP contribution >= 0.6 is 11.3 Å². The van der Waals surface area contributed by atoms with E-state index >= 15 is 0 Å². The first-order valence-corrected chi connectivity index (χ1v) is 10.4. The minimum atomic E-state index is 0.267. The van der Waals surface area contributed by atoms with Crippen LogP contribution in [0.1, 0.15) is 5.56 Å². The number of nitrogens with one attached hydrogen (secondary N) is 1. The number of hydrogen-bond acceptors (Lipinski definition) is 8. The van der Waals surface area contributed by atoms with E-state index in [9.17, 15) is 5.26 Å². The van der Waals surface area contributed by atoms with Crippen molar-refractivity contribution in [2.45, 2.75) is 0 Å². The number of morpholine rings is 1. The first-order chi connectivity index (χ1) is 14.7. The molecular weight excluding hydrogens is 398 g/mol. The summed E-state index contributed by atoms with van der Waals surface area (Å²) in [5.74, 6) is 0.678. The van der Waals surface area contributed by atoms with Crippen LogP contribution in [-0.2, 0) is 4.74 Å². The molecular formula is C21H19N7OS. The maximum Gasteiger partial charge on any atom is 0.213 e. The standard InChI is InChI=1S/C21H19N7OS/c22-13-16-19(23)28(21-25-17-6-1-2-7-18(17)30-21)26-20(16)24-14-4-3-5-15(12-14)27-8-10-29-11-9-27/h1-7,12H,8-11,23H2,(H,24,26). The van der Waals surface area contributed by atoms with Crippen molar-refractivity contribution in [3.8, 4) is 11.2 Å². The number of nitrogens with zero attached hydrogens (tertiary/aromatic N) is 5. The molecule has 0 bridgehead atoms. The minimum absolute atomic E-state index is 0.267. The van der Waals surface area contributed by atoms with Crippen LogP contribution in [0, 0.1) is 11.3 Å². The smallest absolute Gasteiger partial charge is 0.213 e. The van der Waals surface area contributed by atoms with Gasteiger partial charge in [-0.25, -0.2) is 4.98 Å². The predicted octanol–water partition coefficient (Wildman–Crippen LogP) is 3.52. The van der Waals surface area contributed by atoms with Gasteiger partial charge in [0.15, 0.2) is 5.82 Å². The number of ether oxygens (including phenoxy) is 1. The minimum Gasteiger partial charge on any atom is -0.382 e. The second-order valence-electron chi connectivity index (χ2n) is 6.87. The van der Waals surface area contributed by atoms with Crippen molar-refractivity contribution in [2.75, 3.05) is 42.3 Å². The number of aromatic nitrogens is 3. The molecule has 2 aromatic carbocycles. The third-order valence-electron chi connectivity index (χ3n) is 4.98. The van der Waals surface area contributed by atoms with Gasteiger partial charge >= 0.3 is 0 Å². The second-order valence-corrected chi connectivity index (χ2v) is 7.88. The lowest BCUT2D eigenvalue weighted by Gasteiger charge is -2.29. The molecule has 0 spiro atoms. The lowest BCUT2D eigenvalue weighted by Crippen LogP contribution is -2.36. The lowest BCUT2D eigenvalue weighted by atomic mass is 10.2. The van der Waals surface area contributed by atoms with Crippen molar-refractivity contribution in [3.05, 3.63) is 54.1 Å². The van der Waals surface area contributed by atoms with E-state index in [2.05, 4.69) is 32.4 Å². The fourth-order valence-corrected chi connectivity index (χ4v) is 4.40. The maximum atomic E-state index is 9.67. The Hall–Kier alpha value is -3.61. The molecule has 9 heteroatoms. The van der Waals surface area contributed by atoms with Gasteiger partial charge in [-0.3, -0.25) is 0 Å². The normalized spacial score (nSPS) is 14.0. The van der Waals surface area contributed by atoms with Gasteiger partial charge in [0.1, 0.15) is 17.5 Å². The van der Waals surface area contributed by atoms with Crippen LogP contribution in [0.25, 0.3) is 15.3 Å². The van der Waals surface area contributed by atoms with E-state index in [-0.39, 0.29) is 5.82 Å². The van der Waals surface area contributed by atoms with Crippen LogP contribution in [0.2, 0.25) is 0 Å². The van der Waals surface area contributed by atoms with Gasteiger partial charge in [-0.05, 0) is 30.3 Å². The fraction of sp³-hybridized carbons (Fsp3) is 0.190. The molecule has 1 aliphatic rings. The van der Waals surface area contributed by atoms with Gasteiger partial charge in [-0.15, -0.1) is 5.10 Å². The quantitative estimate of drug-likeness (QED) is 0.523. The number of thiazole rings is 1. The molecule has 0 atom stereocenters. The van der Waals surface area contributed by atoms with Crippen molar-refractivity contribution >= 4 is 44.6 Å². The zero-order chi connectivity index (χ0) is 20.5. The summed E-state index contributed by atoms with van der Waals surface area (Å²) in [6.45, 7) is 3.15. The number of anilines is 4. The summed E-state index contributed by atoms with van der Waals surface area (Å²) in [5, 5.41) is 18.1. The largest absolute Gasteiger partial charge is 0.382 e. The lowest BCUT2D eigenvalue weighted by molar-refractivity contribution is 0.122. The SMILES string of the molecule is N#Cc1c(Nc2cccc(N3CCOCC3)c2)nn(-c2nc3ccccc3s2)c1N. The van der Waals surface area contributed by atoms with E-state index in [1.807, 2.05) is 42.5 Å². The molecule has 0 radical (unpaired) electrons. The molecule has 0 unspecified atom stereocenters. The van der Waals surface area contributed by atoms with Crippen LogP contribution in [0.3, 0.4) is 0 Å². The van der Waals surface area contributed by atoms with Crippen molar-refractivity contribution in [2.24, 2.45) is 0 Å². The monoisotopic (exact) mass is 417 g/mol. The van der Waals surface area contributed by atoms with Gasteiger partial charge < -0.3 is 20.7 Å². The molecule has 3 heterocycles. The Kier molecular flexibility index (Phi) is 4.71. The second kappa shape index (κ2) is 7.67. The number of nitrogen functional groups attached to an aromatic ring is 1. The van der Waals surface area contributed by atoms with E-state index in [0.29, 0.717) is 16.5 Å². The Bertz CT molecular complexity index is 1220. The molecule has 0 saturated carbocycles. The highest BCUT2D eigenvalue weighted by Crippen LogP contribution is 2.31. The number of para-hydroxylation sites is 1. The third kappa shape index (κ3) is 3.32. The summed E-state index contributed by atoms with van der Waals surface area (Å²) in [4.78, 5) is 6.87. The van der Waals surface area contributed by atoms with E-state index < -0.39 is 0 Å². The average Bonchev–Trinajstić information content (AvgIpc) is 3.35. The Morgan fingerprint density at radius 1 is 1.13 bits per heavy atom. The zero-order valence-corrected chi connectivity index (χ0v) is 16.9. The number of hydrogen-bond donors (Lipinski definition) is 2. The van der Waals surface area contributed by atoms with E-state index in [1.54, 1.807) is 0 Å². The molecule has 3 N–H and O–H groups in total. The molecule has 150 valence electrons. The highest BCUT2D eigenvalue weighted by atomic mass is 32.1. The third-order valence-corrected chi connectivity index (χ3v) is 5.99. The molecule has 0 aliphatic carbocycles. The summed E-state index contributed by atoms with van der Waals surface area (Å²) in [6.07, 6.45) is 0. The van der Waals surface area contributed by atoms with Crippen LogP contribution in [0.4, 0.5) is 23.0 Å². The molecule has 1 saturated heterocycles. The van der Waals surface area contributed by atoms with Crippen LogP contribution in [-0.4, -0.2) is 41.1 Å². The van der Waals surface area contributed by atoms with Gasteiger partial charge in [-0.2, -0.15) is 9.94 Å². The average molecular weight is 417 g/mol. The van der Waals surface area contributed by atoms with E-state index in [0.717, 1.165) is 47.9 Å². The summed E-state index contributed by atoms with van der Waals surface area (Å²) < 4.78 is 7.99. The molecule has 1 fully saturated rings. The Morgan fingerprint density at radius 2 is 1.97 bits per heavy atom. The van der Waals surface area contributed by atoms with E-state index in [4.69, 9.17) is 10.5 Å². The molecule has 8 nitrogen and oxygen atoms in total. The van der Waals surface area contributed by atoms with Crippen molar-refractivity contribution in [1.29, 1.82) is 5.26 Å². The Morgan fingerprint density at radius 3 is 2.77 bits per heavy atom. The highest BCUT2D eigenvalue weighted by molar-refractivity contribution is 7.20. The number of benzene rings is 2. The number of nitriles is 1. The molecule has 30 heavy (non-hydrogen) atoms. The molecule has 0 amide bonds. The van der Waals surface area contributed by atoms with E-state index in [1.165, 1.54) is 16.0 Å². The van der Waals surface area contributed by atoms with Gasteiger partial charge in [0.25, 0.3) is 0 Å². The molecule has 5 rings (SSSR count). The van der Waals surface area contributed by atoms with Crippen LogP contribution in [0.5, 0.6) is 0 Å². The molecule has 1 aliphatic heterocycles. The highest BCUT2D eigenvalue weighted by Gasteiger charge is 2.19. The van der Waals surface area contributed by atoms with Gasteiger partial charge in [0, 0.05) is 24.5 Å². The zero-order valence-electron chi connectivity index (χ0n) is 16.1. The fourth-order valence-electron chi connectivity index (χ4n) is 3.46. The van der Waals surface area contributed by atoms with Crippen LogP contribution in [0.15, 0.2) is 48.5 Å². The molecule has 4 aromatic rings. The number of nitrogens with two attached hydrogens (primary N) is 1. The summed E-state index contributed by atoms with van der Waals surface area (Å²) in [5.41, 5.74) is 9.36. The van der Waals surface area contributed by atoms with Gasteiger partial charge in [-0.1, -0.05) is 29.5 Å². The van der Waals surface area contributed by atoms with Crippen LogP contribution < -0.4 is 16.0 Å². The van der Waals surface area contributed by atoms with Crippen molar-refractivity contribution < 1.29 is 4.74 Å². The topological polar surface area (TPSA) is 105 Å².